The van der Waals surface area contributed by atoms with E-state index in [0.717, 1.165) is 40.2 Å². The summed E-state index contributed by atoms with van der Waals surface area (Å²) in [6, 6.07) is 4.05. The molecular formula is C17H20N4O2S. The quantitative estimate of drug-likeness (QED) is 0.680. The molecule has 1 aliphatic carbocycles. The number of phenolic OH excluding ortho intramolecular Hbond substituents is 1. The molecule has 7 heteroatoms. The maximum Gasteiger partial charge on any atom is 0.194 e. The van der Waals surface area contributed by atoms with Gasteiger partial charge >= 0.3 is 0 Å². The van der Waals surface area contributed by atoms with Gasteiger partial charge in [-0.05, 0) is 50.3 Å². The summed E-state index contributed by atoms with van der Waals surface area (Å²) in [5, 5.41) is 28.6. The molecule has 1 fully saturated rings. The number of aromatic nitrogens is 3. The van der Waals surface area contributed by atoms with E-state index in [1.54, 1.807) is 22.1 Å². The van der Waals surface area contributed by atoms with Gasteiger partial charge in [0, 0.05) is 6.04 Å². The number of nitrogens with one attached hydrogen (secondary N) is 1. The average molecular weight is 344 g/mol. The van der Waals surface area contributed by atoms with Crippen molar-refractivity contribution in [2.24, 2.45) is 0 Å². The van der Waals surface area contributed by atoms with E-state index in [1.807, 2.05) is 26.1 Å². The van der Waals surface area contributed by atoms with Crippen LogP contribution < -0.4 is 5.32 Å². The van der Waals surface area contributed by atoms with Crippen molar-refractivity contribution in [1.82, 2.24) is 14.8 Å². The van der Waals surface area contributed by atoms with Crippen LogP contribution in [0.1, 0.15) is 30.4 Å². The molecule has 3 N–H and O–H groups in total. The Hall–Kier alpha value is -2.12. The minimum absolute atomic E-state index is 0.200. The third kappa shape index (κ3) is 2.74. The zero-order valence-electron chi connectivity index (χ0n) is 13.7. The number of aliphatic hydroxyl groups is 1. The van der Waals surface area contributed by atoms with Gasteiger partial charge in [0.2, 0.25) is 0 Å². The first-order valence-corrected chi connectivity index (χ1v) is 8.92. The molecule has 24 heavy (non-hydrogen) atoms. The van der Waals surface area contributed by atoms with Crippen LogP contribution in [0.5, 0.6) is 5.75 Å². The van der Waals surface area contributed by atoms with Crippen molar-refractivity contribution in [3.63, 3.8) is 0 Å². The Balaban J connectivity index is 1.62. The molecule has 0 radical (unpaired) electrons. The number of fused-ring (bicyclic) bond motifs is 1. The van der Waals surface area contributed by atoms with Crippen molar-refractivity contribution in [3.8, 4) is 11.4 Å². The van der Waals surface area contributed by atoms with E-state index in [1.165, 1.54) is 0 Å². The van der Waals surface area contributed by atoms with Crippen molar-refractivity contribution in [2.45, 2.75) is 45.3 Å². The number of hydrogen-bond donors (Lipinski definition) is 3. The Labute approximate surface area is 143 Å². The molecule has 0 unspecified atom stereocenters. The first-order chi connectivity index (χ1) is 11.5. The fourth-order valence-corrected chi connectivity index (χ4v) is 4.29. The van der Waals surface area contributed by atoms with Gasteiger partial charge in [0.1, 0.15) is 11.4 Å². The van der Waals surface area contributed by atoms with Crippen LogP contribution in [0.15, 0.2) is 18.3 Å². The number of hydrogen-bond acceptors (Lipinski definition) is 6. The summed E-state index contributed by atoms with van der Waals surface area (Å²) in [6.45, 7) is 3.92. The SMILES string of the molecule is Cc1cc(C)c(-n2cc3sc(N[C@@H]4CC[C@@H](O)C4)nc3n2)c(O)c1. The Morgan fingerprint density at radius 3 is 2.79 bits per heavy atom. The summed E-state index contributed by atoms with van der Waals surface area (Å²) < 4.78 is 2.66. The number of phenols is 1. The van der Waals surface area contributed by atoms with E-state index >= 15 is 0 Å². The molecule has 1 aromatic carbocycles. The van der Waals surface area contributed by atoms with E-state index in [4.69, 9.17) is 0 Å². The summed E-state index contributed by atoms with van der Waals surface area (Å²) in [7, 11) is 0. The Morgan fingerprint density at radius 2 is 2.12 bits per heavy atom. The molecule has 1 saturated carbocycles. The van der Waals surface area contributed by atoms with Crippen LogP contribution in [-0.4, -0.2) is 37.1 Å². The second kappa shape index (κ2) is 5.75. The Morgan fingerprint density at radius 1 is 1.29 bits per heavy atom. The molecule has 0 aliphatic heterocycles. The van der Waals surface area contributed by atoms with Crippen LogP contribution >= 0.6 is 11.3 Å². The van der Waals surface area contributed by atoms with Crippen molar-refractivity contribution < 1.29 is 10.2 Å². The Kier molecular flexibility index (Phi) is 3.69. The molecule has 2 atom stereocenters. The fraction of sp³-hybridized carbons (Fsp3) is 0.412. The minimum Gasteiger partial charge on any atom is -0.506 e. The maximum absolute atomic E-state index is 10.2. The molecule has 0 spiro atoms. The highest BCUT2D eigenvalue weighted by Crippen LogP contribution is 2.32. The van der Waals surface area contributed by atoms with Gasteiger partial charge in [-0.25, -0.2) is 4.68 Å². The highest BCUT2D eigenvalue weighted by atomic mass is 32.1. The average Bonchev–Trinajstić information content (AvgIpc) is 3.13. The summed E-state index contributed by atoms with van der Waals surface area (Å²) in [4.78, 5) is 4.54. The van der Waals surface area contributed by atoms with Gasteiger partial charge in [-0.1, -0.05) is 17.4 Å². The van der Waals surface area contributed by atoms with Crippen LogP contribution in [0, 0.1) is 13.8 Å². The number of thiazole rings is 1. The third-order valence-electron chi connectivity index (χ3n) is 4.46. The monoisotopic (exact) mass is 344 g/mol. The third-order valence-corrected chi connectivity index (χ3v) is 5.37. The highest BCUT2D eigenvalue weighted by Gasteiger charge is 2.23. The lowest BCUT2D eigenvalue weighted by molar-refractivity contribution is 0.182. The van der Waals surface area contributed by atoms with Crippen LogP contribution in [-0.2, 0) is 0 Å². The van der Waals surface area contributed by atoms with Crippen molar-refractivity contribution in [2.75, 3.05) is 5.32 Å². The summed E-state index contributed by atoms with van der Waals surface area (Å²) >= 11 is 1.55. The molecule has 0 bridgehead atoms. The normalized spacial score (nSPS) is 20.8. The predicted molar refractivity (Wildman–Crippen MR) is 95.1 cm³/mol. The van der Waals surface area contributed by atoms with Crippen molar-refractivity contribution in [1.29, 1.82) is 0 Å². The first-order valence-electron chi connectivity index (χ1n) is 8.11. The summed E-state index contributed by atoms with van der Waals surface area (Å²) in [5.74, 6) is 0.223. The van der Waals surface area contributed by atoms with Crippen molar-refractivity contribution >= 4 is 26.8 Å². The van der Waals surface area contributed by atoms with E-state index in [-0.39, 0.29) is 17.9 Å². The van der Waals surface area contributed by atoms with Gasteiger partial charge in [0.15, 0.2) is 10.8 Å². The van der Waals surface area contributed by atoms with E-state index in [9.17, 15) is 10.2 Å². The van der Waals surface area contributed by atoms with E-state index in [2.05, 4.69) is 15.4 Å². The van der Waals surface area contributed by atoms with Crippen LogP contribution in [0.25, 0.3) is 16.0 Å². The molecule has 126 valence electrons. The smallest absolute Gasteiger partial charge is 0.194 e. The lowest BCUT2D eigenvalue weighted by atomic mass is 10.1. The van der Waals surface area contributed by atoms with Crippen LogP contribution in [0.2, 0.25) is 0 Å². The zero-order valence-corrected chi connectivity index (χ0v) is 14.5. The molecule has 1 aliphatic rings. The molecule has 2 aromatic heterocycles. The molecule has 3 aromatic rings. The summed E-state index contributed by atoms with van der Waals surface area (Å²) in [6.07, 6.45) is 4.29. The number of aromatic hydroxyl groups is 1. The lowest BCUT2D eigenvalue weighted by Gasteiger charge is -2.10. The van der Waals surface area contributed by atoms with E-state index in [0.29, 0.717) is 11.3 Å². The van der Waals surface area contributed by atoms with E-state index < -0.39 is 0 Å². The second-order valence-corrected chi connectivity index (χ2v) is 7.57. The zero-order chi connectivity index (χ0) is 16.8. The maximum atomic E-state index is 10.2. The minimum atomic E-state index is -0.200. The number of aliphatic hydroxyl groups excluding tert-OH is 1. The van der Waals surface area contributed by atoms with Crippen LogP contribution in [0.4, 0.5) is 5.13 Å². The number of aryl methyl sites for hydroxylation is 2. The first kappa shape index (κ1) is 15.4. The topological polar surface area (TPSA) is 83.2 Å². The highest BCUT2D eigenvalue weighted by molar-refractivity contribution is 7.22. The lowest BCUT2D eigenvalue weighted by Crippen LogP contribution is -2.16. The van der Waals surface area contributed by atoms with Gasteiger partial charge < -0.3 is 15.5 Å². The van der Waals surface area contributed by atoms with Gasteiger partial charge in [0.25, 0.3) is 0 Å². The fourth-order valence-electron chi connectivity index (χ4n) is 3.40. The molecule has 6 nitrogen and oxygen atoms in total. The standard InChI is InChI=1S/C17H20N4O2S/c1-9-5-10(2)15(13(23)6-9)21-8-14-16(20-21)19-17(24-14)18-11-3-4-12(22)7-11/h5-6,8,11-12,22-23H,3-4,7H2,1-2H3,(H,18,19,20)/t11-,12-/m1/s1. The molecule has 0 saturated heterocycles. The van der Waals surface area contributed by atoms with Gasteiger partial charge in [-0.15, -0.1) is 5.10 Å². The predicted octanol–water partition coefficient (Wildman–Crippen LogP) is 3.13. The molecular weight excluding hydrogens is 324 g/mol. The number of benzene rings is 1. The second-order valence-electron chi connectivity index (χ2n) is 6.54. The molecule has 0 amide bonds. The number of anilines is 1. The van der Waals surface area contributed by atoms with Gasteiger partial charge in [0.05, 0.1) is 17.0 Å². The molecule has 4 rings (SSSR count). The van der Waals surface area contributed by atoms with Crippen LogP contribution in [0.3, 0.4) is 0 Å². The largest absolute Gasteiger partial charge is 0.506 e. The van der Waals surface area contributed by atoms with Gasteiger partial charge in [-0.2, -0.15) is 4.98 Å². The Bertz CT molecular complexity index is 847. The number of rotatable bonds is 3. The molecule has 2 heterocycles. The number of nitrogens with zero attached hydrogens (tertiary/aromatic N) is 3. The van der Waals surface area contributed by atoms with Crippen molar-refractivity contribution in [3.05, 3.63) is 29.5 Å². The summed E-state index contributed by atoms with van der Waals surface area (Å²) in [5.41, 5.74) is 3.35. The van der Waals surface area contributed by atoms with Gasteiger partial charge in [-0.3, -0.25) is 0 Å².